The van der Waals surface area contributed by atoms with Crippen LogP contribution in [0, 0.1) is 0 Å². The molecule has 1 atom stereocenters. The molecule has 1 aromatic carbocycles. The Kier molecular flexibility index (Phi) is 5.75. The van der Waals surface area contributed by atoms with Gasteiger partial charge in [0.05, 0.1) is 10.4 Å². The van der Waals surface area contributed by atoms with Crippen molar-refractivity contribution >= 4 is 34.0 Å². The van der Waals surface area contributed by atoms with Crippen LogP contribution in [0.4, 0.5) is 5.69 Å². The van der Waals surface area contributed by atoms with Crippen LogP contribution >= 0.6 is 12.4 Å². The molecular formula is C13H20ClN3O3S. The van der Waals surface area contributed by atoms with Gasteiger partial charge in [-0.25, -0.2) is 13.6 Å². The Morgan fingerprint density at radius 2 is 2.10 bits per heavy atom. The molecule has 8 heteroatoms. The topological polar surface area (TPSA) is 101 Å². The van der Waals surface area contributed by atoms with Crippen molar-refractivity contribution in [1.29, 1.82) is 0 Å². The first-order valence-corrected chi connectivity index (χ1v) is 8.05. The lowest BCUT2D eigenvalue weighted by atomic mass is 9.90. The van der Waals surface area contributed by atoms with Crippen molar-refractivity contribution in [3.63, 3.8) is 0 Å². The first kappa shape index (κ1) is 17.9. The smallest absolute Gasteiger partial charge is 0.244 e. The molecule has 118 valence electrons. The Labute approximate surface area is 130 Å². The molecule has 1 aliphatic heterocycles. The highest BCUT2D eigenvalue weighted by molar-refractivity contribution is 7.89. The van der Waals surface area contributed by atoms with Crippen LogP contribution in [-0.4, -0.2) is 26.4 Å². The van der Waals surface area contributed by atoms with E-state index in [2.05, 4.69) is 10.6 Å². The normalized spacial score (nSPS) is 22.2. The summed E-state index contributed by atoms with van der Waals surface area (Å²) in [5.41, 5.74) is -0.189. The summed E-state index contributed by atoms with van der Waals surface area (Å²) < 4.78 is 22.6. The number of rotatable bonds is 3. The van der Waals surface area contributed by atoms with Crippen molar-refractivity contribution in [3.05, 3.63) is 24.3 Å². The molecule has 1 amide bonds. The number of hydrogen-bond donors (Lipinski definition) is 3. The molecule has 4 N–H and O–H groups in total. The van der Waals surface area contributed by atoms with Crippen LogP contribution in [0.5, 0.6) is 0 Å². The lowest BCUT2D eigenvalue weighted by Crippen LogP contribution is -2.54. The number of nitrogens with two attached hydrogens (primary N) is 1. The van der Waals surface area contributed by atoms with Crippen molar-refractivity contribution < 1.29 is 13.2 Å². The first-order chi connectivity index (χ1) is 9.31. The summed E-state index contributed by atoms with van der Waals surface area (Å²) in [6.07, 6.45) is 2.81. The van der Waals surface area contributed by atoms with Gasteiger partial charge in [0.15, 0.2) is 0 Å². The van der Waals surface area contributed by atoms with Crippen molar-refractivity contribution in [2.75, 3.05) is 11.9 Å². The number of hydrogen-bond acceptors (Lipinski definition) is 4. The first-order valence-electron chi connectivity index (χ1n) is 6.51. The van der Waals surface area contributed by atoms with Gasteiger partial charge in [-0.1, -0.05) is 6.07 Å². The predicted octanol–water partition coefficient (Wildman–Crippen LogP) is 1.23. The summed E-state index contributed by atoms with van der Waals surface area (Å²) in [5, 5.41) is 11.0. The number of benzene rings is 1. The molecule has 1 heterocycles. The highest BCUT2D eigenvalue weighted by Gasteiger charge is 2.34. The molecule has 1 unspecified atom stereocenters. The minimum atomic E-state index is -3.77. The number of carbonyl (C=O) groups is 1. The van der Waals surface area contributed by atoms with Gasteiger partial charge in [0.1, 0.15) is 0 Å². The molecule has 0 bridgehead atoms. The maximum Gasteiger partial charge on any atom is 0.244 e. The number of halogens is 1. The Morgan fingerprint density at radius 3 is 2.67 bits per heavy atom. The summed E-state index contributed by atoms with van der Waals surface area (Å²) in [6, 6.07) is 5.94. The van der Waals surface area contributed by atoms with E-state index in [9.17, 15) is 13.2 Å². The van der Waals surface area contributed by atoms with E-state index in [1.807, 2.05) is 6.92 Å². The molecular weight excluding hydrogens is 314 g/mol. The predicted molar refractivity (Wildman–Crippen MR) is 84.0 cm³/mol. The van der Waals surface area contributed by atoms with Gasteiger partial charge in [-0.3, -0.25) is 4.79 Å². The summed E-state index contributed by atoms with van der Waals surface area (Å²) in [4.78, 5) is 12.3. The maximum absolute atomic E-state index is 12.3. The zero-order chi connectivity index (χ0) is 14.8. The van der Waals surface area contributed by atoms with Gasteiger partial charge in [-0.05, 0) is 50.9 Å². The highest BCUT2D eigenvalue weighted by Crippen LogP contribution is 2.21. The number of nitrogens with one attached hydrogen (secondary N) is 2. The quantitative estimate of drug-likeness (QED) is 0.774. The van der Waals surface area contributed by atoms with Crippen molar-refractivity contribution in [2.45, 2.75) is 36.6 Å². The maximum atomic E-state index is 12.3. The van der Waals surface area contributed by atoms with E-state index < -0.39 is 15.6 Å². The van der Waals surface area contributed by atoms with Crippen molar-refractivity contribution in [3.8, 4) is 0 Å². The van der Waals surface area contributed by atoms with Gasteiger partial charge in [-0.15, -0.1) is 12.4 Å². The minimum absolute atomic E-state index is 0. The molecule has 0 saturated carbocycles. The van der Waals surface area contributed by atoms with Crippen LogP contribution in [0.2, 0.25) is 0 Å². The van der Waals surface area contributed by atoms with Gasteiger partial charge >= 0.3 is 0 Å². The fourth-order valence-corrected chi connectivity index (χ4v) is 2.83. The van der Waals surface area contributed by atoms with Crippen LogP contribution in [0.3, 0.4) is 0 Å². The van der Waals surface area contributed by atoms with Gasteiger partial charge in [0.2, 0.25) is 15.9 Å². The lowest BCUT2D eigenvalue weighted by molar-refractivity contribution is -0.122. The molecule has 1 saturated heterocycles. The number of amides is 1. The minimum Gasteiger partial charge on any atom is -0.324 e. The van der Waals surface area contributed by atoms with Gasteiger partial charge in [0, 0.05) is 5.69 Å². The van der Waals surface area contributed by atoms with Crippen molar-refractivity contribution in [1.82, 2.24) is 5.32 Å². The molecule has 0 aliphatic carbocycles. The molecule has 1 fully saturated rings. The van der Waals surface area contributed by atoms with Crippen LogP contribution in [-0.2, 0) is 14.8 Å². The third-order valence-corrected chi connectivity index (χ3v) is 4.45. The number of primary sulfonamides is 1. The van der Waals surface area contributed by atoms with Gasteiger partial charge in [0.25, 0.3) is 0 Å². The Bertz CT molecular complexity index is 613. The van der Waals surface area contributed by atoms with Crippen molar-refractivity contribution in [2.24, 2.45) is 5.14 Å². The molecule has 21 heavy (non-hydrogen) atoms. The largest absolute Gasteiger partial charge is 0.324 e. The van der Waals surface area contributed by atoms with E-state index in [1.165, 1.54) is 12.1 Å². The fraction of sp³-hybridized carbons (Fsp3) is 0.462. The van der Waals surface area contributed by atoms with E-state index in [0.29, 0.717) is 5.69 Å². The Balaban J connectivity index is 0.00000220. The lowest BCUT2D eigenvalue weighted by Gasteiger charge is -2.33. The zero-order valence-corrected chi connectivity index (χ0v) is 13.4. The molecule has 6 nitrogen and oxygen atoms in total. The standard InChI is InChI=1S/C13H19N3O3S.ClH/c1-13(7-2-3-8-15-13)12(17)16-10-5-4-6-11(9-10)20(14,18)19;/h4-6,9,15H,2-3,7-8H2,1H3,(H,16,17)(H2,14,18,19);1H. The van der Waals surface area contributed by atoms with E-state index in [0.717, 1.165) is 25.8 Å². The van der Waals surface area contributed by atoms with Gasteiger partial charge < -0.3 is 10.6 Å². The summed E-state index contributed by atoms with van der Waals surface area (Å²) >= 11 is 0. The number of anilines is 1. The third kappa shape index (κ3) is 4.41. The molecule has 0 aromatic heterocycles. The van der Waals surface area contributed by atoms with Crippen LogP contribution < -0.4 is 15.8 Å². The number of sulfonamides is 1. The second kappa shape index (κ2) is 6.74. The van der Waals surface area contributed by atoms with Crippen LogP contribution in [0.25, 0.3) is 0 Å². The Hall–Kier alpha value is -1.15. The van der Waals surface area contributed by atoms with E-state index in [1.54, 1.807) is 12.1 Å². The van der Waals surface area contributed by atoms with Crippen LogP contribution in [0.1, 0.15) is 26.2 Å². The molecule has 2 rings (SSSR count). The molecule has 0 spiro atoms. The van der Waals surface area contributed by atoms with E-state index in [-0.39, 0.29) is 23.2 Å². The van der Waals surface area contributed by atoms with Crippen LogP contribution in [0.15, 0.2) is 29.2 Å². The fourth-order valence-electron chi connectivity index (χ4n) is 2.27. The second-order valence-corrected chi connectivity index (χ2v) is 6.80. The summed E-state index contributed by atoms with van der Waals surface area (Å²) in [7, 11) is -3.77. The third-order valence-electron chi connectivity index (χ3n) is 3.54. The second-order valence-electron chi connectivity index (χ2n) is 5.24. The summed E-state index contributed by atoms with van der Waals surface area (Å²) in [6.45, 7) is 2.66. The molecule has 1 aliphatic rings. The number of piperidine rings is 1. The summed E-state index contributed by atoms with van der Waals surface area (Å²) in [5.74, 6) is -0.163. The SMILES string of the molecule is CC1(C(=O)Nc2cccc(S(N)(=O)=O)c2)CCCCN1.Cl. The zero-order valence-electron chi connectivity index (χ0n) is 11.8. The number of carbonyl (C=O) groups excluding carboxylic acids is 1. The van der Waals surface area contributed by atoms with E-state index >= 15 is 0 Å². The van der Waals surface area contributed by atoms with Gasteiger partial charge in [-0.2, -0.15) is 0 Å². The highest BCUT2D eigenvalue weighted by atomic mass is 35.5. The average molecular weight is 334 g/mol. The Morgan fingerprint density at radius 1 is 1.38 bits per heavy atom. The average Bonchev–Trinajstić information content (AvgIpc) is 2.39. The molecule has 0 radical (unpaired) electrons. The molecule has 1 aromatic rings. The monoisotopic (exact) mass is 333 g/mol. The van der Waals surface area contributed by atoms with E-state index in [4.69, 9.17) is 5.14 Å².